The molecule has 0 unspecified atom stereocenters. The van der Waals surface area contributed by atoms with Crippen LogP contribution in [0.1, 0.15) is 21.9 Å². The van der Waals surface area contributed by atoms with E-state index in [1.807, 2.05) is 6.92 Å². The first-order valence-corrected chi connectivity index (χ1v) is 6.67. The van der Waals surface area contributed by atoms with Crippen LogP contribution < -0.4 is 10.1 Å². The first kappa shape index (κ1) is 14.5. The van der Waals surface area contributed by atoms with E-state index in [0.29, 0.717) is 29.5 Å². The molecule has 4 nitrogen and oxygen atoms in total. The average Bonchev–Trinajstić information content (AvgIpc) is 2.75. The van der Waals surface area contributed by atoms with Crippen molar-refractivity contribution >= 4 is 17.5 Å². The third-order valence-corrected chi connectivity index (χ3v) is 3.01. The maximum absolute atomic E-state index is 11.9. The van der Waals surface area contributed by atoms with Gasteiger partial charge >= 0.3 is 0 Å². The summed E-state index contributed by atoms with van der Waals surface area (Å²) in [5.41, 5.74) is 0.564. The Kier molecular flexibility index (Phi) is 4.69. The summed E-state index contributed by atoms with van der Waals surface area (Å²) in [6.07, 6.45) is 0. The Morgan fingerprint density at radius 3 is 2.60 bits per heavy atom. The summed E-state index contributed by atoms with van der Waals surface area (Å²) < 4.78 is 10.8. The predicted molar refractivity (Wildman–Crippen MR) is 77.5 cm³/mol. The average molecular weight is 294 g/mol. The Hall–Kier alpha value is -1.94. The number of hydrogen-bond acceptors (Lipinski definition) is 3. The van der Waals surface area contributed by atoms with Crippen molar-refractivity contribution in [2.45, 2.75) is 13.8 Å². The summed E-state index contributed by atoms with van der Waals surface area (Å²) in [5, 5.41) is 3.45. The van der Waals surface area contributed by atoms with Gasteiger partial charge in [-0.1, -0.05) is 11.6 Å². The van der Waals surface area contributed by atoms with Gasteiger partial charge in [0.25, 0.3) is 5.91 Å². The first-order valence-electron chi connectivity index (χ1n) is 6.30. The van der Waals surface area contributed by atoms with Gasteiger partial charge in [0.05, 0.1) is 12.1 Å². The van der Waals surface area contributed by atoms with E-state index in [9.17, 15) is 4.79 Å². The second-order valence-electron chi connectivity index (χ2n) is 4.39. The van der Waals surface area contributed by atoms with E-state index in [0.717, 1.165) is 11.5 Å². The second-order valence-corrected chi connectivity index (χ2v) is 4.82. The van der Waals surface area contributed by atoms with Crippen LogP contribution >= 0.6 is 11.6 Å². The summed E-state index contributed by atoms with van der Waals surface area (Å²) in [6.45, 7) is 4.40. The van der Waals surface area contributed by atoms with E-state index in [4.69, 9.17) is 20.8 Å². The van der Waals surface area contributed by atoms with Gasteiger partial charge in [-0.15, -0.1) is 0 Å². The number of benzene rings is 1. The molecule has 0 atom stereocenters. The van der Waals surface area contributed by atoms with E-state index in [1.165, 1.54) is 0 Å². The summed E-state index contributed by atoms with van der Waals surface area (Å²) in [7, 11) is 0. The molecule has 106 valence electrons. The van der Waals surface area contributed by atoms with Crippen LogP contribution in [0.5, 0.6) is 5.75 Å². The van der Waals surface area contributed by atoms with Crippen molar-refractivity contribution in [2.75, 3.05) is 13.2 Å². The molecule has 1 heterocycles. The van der Waals surface area contributed by atoms with Crippen molar-refractivity contribution in [3.8, 4) is 5.75 Å². The lowest BCUT2D eigenvalue weighted by atomic mass is 10.2. The topological polar surface area (TPSA) is 51.5 Å². The SMILES string of the molecule is Cc1cc(C(=O)NCCOc2ccc(Cl)cc2)c(C)o1. The van der Waals surface area contributed by atoms with Crippen molar-refractivity contribution in [1.29, 1.82) is 0 Å². The summed E-state index contributed by atoms with van der Waals surface area (Å²) in [4.78, 5) is 11.9. The van der Waals surface area contributed by atoms with Crippen molar-refractivity contribution in [3.05, 3.63) is 52.4 Å². The number of halogens is 1. The first-order chi connectivity index (χ1) is 9.56. The van der Waals surface area contributed by atoms with Crippen LogP contribution in [0, 0.1) is 13.8 Å². The van der Waals surface area contributed by atoms with Gasteiger partial charge in [-0.25, -0.2) is 0 Å². The number of rotatable bonds is 5. The highest BCUT2D eigenvalue weighted by Crippen LogP contribution is 2.15. The minimum Gasteiger partial charge on any atom is -0.492 e. The van der Waals surface area contributed by atoms with Gasteiger partial charge in [0.1, 0.15) is 23.9 Å². The van der Waals surface area contributed by atoms with Crippen molar-refractivity contribution in [1.82, 2.24) is 5.32 Å². The fraction of sp³-hybridized carbons (Fsp3) is 0.267. The van der Waals surface area contributed by atoms with Crippen LogP contribution in [0.4, 0.5) is 0 Å². The highest BCUT2D eigenvalue weighted by atomic mass is 35.5. The molecule has 1 N–H and O–H groups in total. The molecule has 5 heteroatoms. The Balaban J connectivity index is 1.77. The zero-order valence-corrected chi connectivity index (χ0v) is 12.2. The Morgan fingerprint density at radius 1 is 1.30 bits per heavy atom. The van der Waals surface area contributed by atoms with Crippen molar-refractivity contribution < 1.29 is 13.9 Å². The number of aryl methyl sites for hydroxylation is 2. The number of carbonyl (C=O) groups excluding carboxylic acids is 1. The fourth-order valence-electron chi connectivity index (χ4n) is 1.82. The maximum Gasteiger partial charge on any atom is 0.254 e. The Bertz CT molecular complexity index is 590. The maximum atomic E-state index is 11.9. The quantitative estimate of drug-likeness (QED) is 0.860. The molecular formula is C15H16ClNO3. The molecule has 2 aromatic rings. The van der Waals surface area contributed by atoms with Crippen molar-refractivity contribution in [2.24, 2.45) is 0 Å². The normalized spacial score (nSPS) is 10.3. The molecule has 0 aliphatic heterocycles. The fourth-order valence-corrected chi connectivity index (χ4v) is 1.94. The zero-order valence-electron chi connectivity index (χ0n) is 11.4. The van der Waals surface area contributed by atoms with E-state index in [2.05, 4.69) is 5.32 Å². The number of amides is 1. The molecule has 20 heavy (non-hydrogen) atoms. The predicted octanol–water partition coefficient (Wildman–Crippen LogP) is 3.36. The Labute approximate surface area is 122 Å². The highest BCUT2D eigenvalue weighted by Gasteiger charge is 2.12. The summed E-state index contributed by atoms with van der Waals surface area (Å²) >= 11 is 5.78. The third-order valence-electron chi connectivity index (χ3n) is 2.76. The van der Waals surface area contributed by atoms with E-state index in [-0.39, 0.29) is 5.91 Å². The molecule has 0 radical (unpaired) electrons. The van der Waals surface area contributed by atoms with Crippen LogP contribution in [-0.2, 0) is 0 Å². The van der Waals surface area contributed by atoms with Gasteiger partial charge in [0.2, 0.25) is 0 Å². The smallest absolute Gasteiger partial charge is 0.254 e. The number of furan rings is 1. The minimum absolute atomic E-state index is 0.154. The number of carbonyl (C=O) groups is 1. The van der Waals surface area contributed by atoms with Crippen molar-refractivity contribution in [3.63, 3.8) is 0 Å². The van der Waals surface area contributed by atoms with Gasteiger partial charge in [-0.3, -0.25) is 4.79 Å². The monoisotopic (exact) mass is 293 g/mol. The summed E-state index contributed by atoms with van der Waals surface area (Å²) in [6, 6.07) is 8.81. The largest absolute Gasteiger partial charge is 0.492 e. The van der Waals surface area contributed by atoms with Gasteiger partial charge in [0, 0.05) is 5.02 Å². The van der Waals surface area contributed by atoms with Crippen LogP contribution in [0.15, 0.2) is 34.7 Å². The minimum atomic E-state index is -0.154. The molecule has 0 spiro atoms. The molecule has 1 aromatic heterocycles. The molecule has 0 fully saturated rings. The molecular weight excluding hydrogens is 278 g/mol. The van der Waals surface area contributed by atoms with Gasteiger partial charge in [-0.2, -0.15) is 0 Å². The van der Waals surface area contributed by atoms with Crippen LogP contribution in [0.2, 0.25) is 5.02 Å². The molecule has 0 saturated heterocycles. The molecule has 0 saturated carbocycles. The molecule has 2 rings (SSSR count). The standard InChI is InChI=1S/C15H16ClNO3/c1-10-9-14(11(2)20-10)15(18)17-7-8-19-13-5-3-12(16)4-6-13/h3-6,9H,7-8H2,1-2H3,(H,17,18). The lowest BCUT2D eigenvalue weighted by Gasteiger charge is -2.07. The van der Waals surface area contributed by atoms with E-state index < -0.39 is 0 Å². The van der Waals surface area contributed by atoms with Gasteiger partial charge < -0.3 is 14.5 Å². The van der Waals surface area contributed by atoms with Gasteiger partial charge in [-0.05, 0) is 44.2 Å². The molecule has 0 bridgehead atoms. The molecule has 1 aromatic carbocycles. The molecule has 0 aliphatic carbocycles. The number of nitrogens with one attached hydrogen (secondary N) is 1. The highest BCUT2D eigenvalue weighted by molar-refractivity contribution is 6.30. The van der Waals surface area contributed by atoms with Crippen LogP contribution in [-0.4, -0.2) is 19.1 Å². The number of ether oxygens (including phenoxy) is 1. The lowest BCUT2D eigenvalue weighted by Crippen LogP contribution is -2.28. The third kappa shape index (κ3) is 3.78. The van der Waals surface area contributed by atoms with Gasteiger partial charge in [0.15, 0.2) is 0 Å². The lowest BCUT2D eigenvalue weighted by molar-refractivity contribution is 0.0945. The molecule has 1 amide bonds. The van der Waals surface area contributed by atoms with Crippen LogP contribution in [0.25, 0.3) is 0 Å². The zero-order chi connectivity index (χ0) is 14.5. The van der Waals surface area contributed by atoms with E-state index in [1.54, 1.807) is 37.3 Å². The van der Waals surface area contributed by atoms with E-state index >= 15 is 0 Å². The molecule has 0 aliphatic rings. The number of hydrogen-bond donors (Lipinski definition) is 1. The summed E-state index contributed by atoms with van der Waals surface area (Å²) in [5.74, 6) is 1.92. The second kappa shape index (κ2) is 6.48. The van der Waals surface area contributed by atoms with Crippen LogP contribution in [0.3, 0.4) is 0 Å². The Morgan fingerprint density at radius 2 is 2.00 bits per heavy atom.